The number of nitrogens with zero attached hydrogens (tertiary/aromatic N) is 1. The molecule has 0 spiro atoms. The first-order chi connectivity index (χ1) is 10.7. The molecule has 22 heavy (non-hydrogen) atoms. The van der Waals surface area contributed by atoms with Gasteiger partial charge in [-0.25, -0.2) is 0 Å². The molecule has 0 saturated heterocycles. The normalized spacial score (nSPS) is 12.9. The largest absolute Gasteiger partial charge is 0.496 e. The van der Waals surface area contributed by atoms with Crippen LogP contribution in [0.4, 0.5) is 0 Å². The third-order valence-electron chi connectivity index (χ3n) is 3.29. The van der Waals surface area contributed by atoms with E-state index in [1.165, 1.54) is 0 Å². The fraction of sp³-hybridized carbons (Fsp3) is 0.118. The van der Waals surface area contributed by atoms with Gasteiger partial charge in [0, 0.05) is 0 Å². The molecule has 2 aromatic carbocycles. The lowest BCUT2D eigenvalue weighted by atomic mass is 10.0. The van der Waals surface area contributed by atoms with Crippen LogP contribution in [0.2, 0.25) is 0 Å². The number of hydrogen-bond acceptors (Lipinski definition) is 4. The van der Waals surface area contributed by atoms with E-state index in [0.717, 1.165) is 21.3 Å². The van der Waals surface area contributed by atoms with Crippen molar-refractivity contribution in [2.24, 2.45) is 0 Å². The fourth-order valence-corrected chi connectivity index (χ4v) is 2.74. The number of hydrogen-bond donors (Lipinski definition) is 0. The quantitative estimate of drug-likeness (QED) is 0.608. The van der Waals surface area contributed by atoms with Gasteiger partial charge in [-0.15, -0.1) is 0 Å². The van der Waals surface area contributed by atoms with Gasteiger partial charge in [0.1, 0.15) is 5.75 Å². The summed E-state index contributed by atoms with van der Waals surface area (Å²) < 4.78 is 16.7. The topological polar surface area (TPSA) is 51.5 Å². The third-order valence-corrected chi connectivity index (χ3v) is 3.91. The lowest BCUT2D eigenvalue weighted by molar-refractivity contribution is 0.174. The smallest absolute Gasteiger partial charge is 0.231 e. The number of ether oxygens (including phenoxy) is 3. The van der Waals surface area contributed by atoms with Crippen molar-refractivity contribution in [3.63, 3.8) is 0 Å². The molecule has 0 aromatic heterocycles. The Morgan fingerprint density at radius 3 is 2.77 bits per heavy atom. The molecule has 1 heterocycles. The van der Waals surface area contributed by atoms with E-state index >= 15 is 0 Å². The van der Waals surface area contributed by atoms with E-state index in [-0.39, 0.29) is 6.79 Å². The maximum atomic E-state index is 9.43. The van der Waals surface area contributed by atoms with Crippen LogP contribution in [0.5, 0.6) is 17.2 Å². The zero-order valence-corrected chi connectivity index (χ0v) is 13.4. The number of nitriles is 1. The molecule has 0 amide bonds. The zero-order valence-electron chi connectivity index (χ0n) is 11.8. The van der Waals surface area contributed by atoms with Gasteiger partial charge in [0.15, 0.2) is 11.5 Å². The van der Waals surface area contributed by atoms with Gasteiger partial charge in [0.2, 0.25) is 6.79 Å². The van der Waals surface area contributed by atoms with Crippen LogP contribution in [0.15, 0.2) is 40.9 Å². The molecule has 0 radical (unpaired) electrons. The molecule has 1 aliphatic heterocycles. The van der Waals surface area contributed by atoms with Crippen LogP contribution >= 0.6 is 15.9 Å². The SMILES string of the molecule is COc1ccc(/C=C(/C#N)c2ccc3c(c2)OCO3)cc1Br. The highest BCUT2D eigenvalue weighted by Crippen LogP contribution is 2.35. The Balaban J connectivity index is 1.97. The first-order valence-corrected chi connectivity index (χ1v) is 7.36. The van der Waals surface area contributed by atoms with Crippen LogP contribution in [-0.4, -0.2) is 13.9 Å². The van der Waals surface area contributed by atoms with Crippen LogP contribution < -0.4 is 14.2 Å². The van der Waals surface area contributed by atoms with Crippen LogP contribution in [0.25, 0.3) is 11.6 Å². The fourth-order valence-electron chi connectivity index (χ4n) is 2.18. The van der Waals surface area contributed by atoms with Gasteiger partial charge in [0.25, 0.3) is 0 Å². The lowest BCUT2D eigenvalue weighted by Crippen LogP contribution is -1.92. The van der Waals surface area contributed by atoms with Gasteiger partial charge in [-0.1, -0.05) is 6.07 Å². The average molecular weight is 358 g/mol. The molecule has 0 saturated carbocycles. The molecule has 5 heteroatoms. The van der Waals surface area contributed by atoms with Crippen molar-refractivity contribution in [3.05, 3.63) is 52.0 Å². The van der Waals surface area contributed by atoms with Gasteiger partial charge in [0.05, 0.1) is 23.2 Å². The molecular formula is C17H12BrNO3. The maximum Gasteiger partial charge on any atom is 0.231 e. The summed E-state index contributed by atoms with van der Waals surface area (Å²) in [6.07, 6.45) is 1.82. The van der Waals surface area contributed by atoms with Crippen molar-refractivity contribution in [2.75, 3.05) is 13.9 Å². The second-order valence-corrected chi connectivity index (χ2v) is 5.49. The Morgan fingerprint density at radius 2 is 2.05 bits per heavy atom. The number of rotatable bonds is 3. The third kappa shape index (κ3) is 2.78. The number of methoxy groups -OCH3 is 1. The molecule has 0 N–H and O–H groups in total. The molecule has 0 fully saturated rings. The molecule has 3 rings (SSSR count). The number of fused-ring (bicyclic) bond motifs is 1. The monoisotopic (exact) mass is 357 g/mol. The van der Waals surface area contributed by atoms with E-state index in [4.69, 9.17) is 14.2 Å². The summed E-state index contributed by atoms with van der Waals surface area (Å²) in [7, 11) is 1.61. The van der Waals surface area contributed by atoms with Crippen molar-refractivity contribution in [3.8, 4) is 23.3 Å². The Kier molecular flexibility index (Phi) is 4.03. The number of allylic oxidation sites excluding steroid dienone is 1. The molecule has 0 bridgehead atoms. The molecule has 0 aliphatic carbocycles. The zero-order chi connectivity index (χ0) is 15.5. The molecule has 110 valence electrons. The van der Waals surface area contributed by atoms with Crippen molar-refractivity contribution < 1.29 is 14.2 Å². The summed E-state index contributed by atoms with van der Waals surface area (Å²) in [6, 6.07) is 13.4. The highest BCUT2D eigenvalue weighted by molar-refractivity contribution is 9.10. The van der Waals surface area contributed by atoms with Gasteiger partial charge >= 0.3 is 0 Å². The van der Waals surface area contributed by atoms with Crippen molar-refractivity contribution in [1.29, 1.82) is 5.26 Å². The van der Waals surface area contributed by atoms with Crippen molar-refractivity contribution in [1.82, 2.24) is 0 Å². The molecule has 2 aromatic rings. The minimum absolute atomic E-state index is 0.218. The molecular weight excluding hydrogens is 346 g/mol. The van der Waals surface area contributed by atoms with Crippen LogP contribution in [0.3, 0.4) is 0 Å². The Bertz CT molecular complexity index is 793. The lowest BCUT2D eigenvalue weighted by Gasteiger charge is -2.05. The Labute approximate surface area is 136 Å². The summed E-state index contributed by atoms with van der Waals surface area (Å²) in [5, 5.41) is 9.43. The van der Waals surface area contributed by atoms with Gasteiger partial charge in [-0.2, -0.15) is 5.26 Å². The second-order valence-electron chi connectivity index (χ2n) is 4.63. The molecule has 1 aliphatic rings. The Morgan fingerprint density at radius 1 is 1.23 bits per heavy atom. The van der Waals surface area contributed by atoms with E-state index in [2.05, 4.69) is 22.0 Å². The first kappa shape index (κ1) is 14.5. The van der Waals surface area contributed by atoms with Crippen LogP contribution in [-0.2, 0) is 0 Å². The van der Waals surface area contributed by atoms with E-state index in [1.807, 2.05) is 42.5 Å². The predicted molar refractivity (Wildman–Crippen MR) is 86.7 cm³/mol. The van der Waals surface area contributed by atoms with Crippen LogP contribution in [0, 0.1) is 11.3 Å². The maximum absolute atomic E-state index is 9.43. The number of benzene rings is 2. The van der Waals surface area contributed by atoms with Crippen molar-refractivity contribution in [2.45, 2.75) is 0 Å². The van der Waals surface area contributed by atoms with E-state index in [9.17, 15) is 5.26 Å². The number of halogens is 1. The highest BCUT2D eigenvalue weighted by Gasteiger charge is 2.14. The minimum Gasteiger partial charge on any atom is -0.496 e. The van der Waals surface area contributed by atoms with E-state index < -0.39 is 0 Å². The standard InChI is InChI=1S/C17H12BrNO3/c1-20-15-4-2-11(7-14(15)18)6-13(9-19)12-3-5-16-17(8-12)22-10-21-16/h2-8H,10H2,1H3/b13-6-. The molecule has 0 unspecified atom stereocenters. The summed E-state index contributed by atoms with van der Waals surface area (Å²) >= 11 is 3.44. The van der Waals surface area contributed by atoms with Gasteiger partial charge in [-0.3, -0.25) is 0 Å². The van der Waals surface area contributed by atoms with E-state index in [0.29, 0.717) is 17.1 Å². The summed E-state index contributed by atoms with van der Waals surface area (Å²) in [5.74, 6) is 2.11. The molecule has 0 atom stereocenters. The highest BCUT2D eigenvalue weighted by atomic mass is 79.9. The first-order valence-electron chi connectivity index (χ1n) is 6.56. The summed E-state index contributed by atoms with van der Waals surface area (Å²) in [4.78, 5) is 0. The predicted octanol–water partition coefficient (Wildman–Crippen LogP) is 4.25. The second kappa shape index (κ2) is 6.12. The summed E-state index contributed by atoms with van der Waals surface area (Å²) in [5.41, 5.74) is 2.25. The van der Waals surface area contributed by atoms with Crippen LogP contribution in [0.1, 0.15) is 11.1 Å². The Hall–Kier alpha value is -2.45. The van der Waals surface area contributed by atoms with Gasteiger partial charge in [-0.05, 0) is 63.5 Å². The van der Waals surface area contributed by atoms with Crippen molar-refractivity contribution >= 4 is 27.6 Å². The van der Waals surface area contributed by atoms with Gasteiger partial charge < -0.3 is 14.2 Å². The average Bonchev–Trinajstić information content (AvgIpc) is 3.00. The molecule has 4 nitrogen and oxygen atoms in total. The van der Waals surface area contributed by atoms with E-state index in [1.54, 1.807) is 7.11 Å². The summed E-state index contributed by atoms with van der Waals surface area (Å²) in [6.45, 7) is 0.218. The minimum atomic E-state index is 0.218.